The van der Waals surface area contributed by atoms with Crippen LogP contribution in [0.1, 0.15) is 50.4 Å². The van der Waals surface area contributed by atoms with Crippen LogP contribution in [0.25, 0.3) is 0 Å². The predicted molar refractivity (Wildman–Crippen MR) is 151 cm³/mol. The van der Waals surface area contributed by atoms with Gasteiger partial charge >= 0.3 is 0 Å². The van der Waals surface area contributed by atoms with Crippen LogP contribution < -0.4 is 14.8 Å². The summed E-state index contributed by atoms with van der Waals surface area (Å²) in [5.41, 5.74) is 0.463. The fourth-order valence-corrected chi connectivity index (χ4v) is 7.42. The number of benzene rings is 3. The molecular formula is C29H30Cl2N2O4S. The molecule has 3 aromatic carbocycles. The Morgan fingerprint density at radius 3 is 2.34 bits per heavy atom. The van der Waals surface area contributed by atoms with E-state index in [1.165, 1.54) is 30.7 Å². The van der Waals surface area contributed by atoms with Gasteiger partial charge in [0.1, 0.15) is 11.5 Å². The van der Waals surface area contributed by atoms with Crippen LogP contribution in [0.3, 0.4) is 0 Å². The lowest BCUT2D eigenvalue weighted by atomic mass is 9.69. The largest absolute Gasteiger partial charge is 0.456 e. The molecule has 2 saturated carbocycles. The van der Waals surface area contributed by atoms with E-state index in [-0.39, 0.29) is 38.9 Å². The van der Waals surface area contributed by atoms with Crippen molar-refractivity contribution in [3.63, 3.8) is 0 Å². The molecule has 0 spiro atoms. The zero-order chi connectivity index (χ0) is 27.3. The van der Waals surface area contributed by atoms with Crippen molar-refractivity contribution in [2.75, 3.05) is 4.72 Å². The molecule has 0 heterocycles. The van der Waals surface area contributed by atoms with Crippen LogP contribution in [-0.2, 0) is 10.0 Å². The van der Waals surface area contributed by atoms with E-state index >= 15 is 0 Å². The first kappa shape index (κ1) is 26.9. The zero-order valence-corrected chi connectivity index (χ0v) is 23.8. The molecule has 38 heavy (non-hydrogen) atoms. The molecule has 0 aromatic heterocycles. The van der Waals surface area contributed by atoms with Crippen molar-refractivity contribution in [2.24, 2.45) is 16.7 Å². The quantitative estimate of drug-likeness (QED) is 0.306. The molecule has 1 amide bonds. The average molecular weight is 574 g/mol. The van der Waals surface area contributed by atoms with Gasteiger partial charge in [-0.3, -0.25) is 9.52 Å². The van der Waals surface area contributed by atoms with Gasteiger partial charge in [-0.2, -0.15) is 0 Å². The highest BCUT2D eigenvalue weighted by Crippen LogP contribution is 2.65. The maximum atomic E-state index is 13.4. The summed E-state index contributed by atoms with van der Waals surface area (Å²) in [6.45, 7) is 6.80. The van der Waals surface area contributed by atoms with Crippen LogP contribution >= 0.6 is 23.2 Å². The second kappa shape index (κ2) is 9.78. The van der Waals surface area contributed by atoms with Crippen LogP contribution in [0.4, 0.5) is 5.69 Å². The first-order valence-corrected chi connectivity index (χ1v) is 14.8. The van der Waals surface area contributed by atoms with E-state index in [2.05, 4.69) is 30.8 Å². The molecule has 6 nitrogen and oxygen atoms in total. The highest BCUT2D eigenvalue weighted by Gasteiger charge is 2.61. The van der Waals surface area contributed by atoms with Gasteiger partial charge in [0.25, 0.3) is 15.9 Å². The minimum absolute atomic E-state index is 0.0119. The van der Waals surface area contributed by atoms with E-state index in [9.17, 15) is 13.2 Å². The summed E-state index contributed by atoms with van der Waals surface area (Å²) >= 11 is 12.4. The second-order valence-corrected chi connectivity index (χ2v) is 13.5. The van der Waals surface area contributed by atoms with Crippen molar-refractivity contribution in [2.45, 2.75) is 51.0 Å². The number of fused-ring (bicyclic) bond motifs is 2. The number of rotatable bonds is 7. The summed E-state index contributed by atoms with van der Waals surface area (Å²) < 4.78 is 34.8. The number of anilines is 1. The Hall–Kier alpha value is -2.74. The number of ether oxygens (including phenoxy) is 1. The lowest BCUT2D eigenvalue weighted by molar-refractivity contribution is 0.0827. The fourth-order valence-electron chi connectivity index (χ4n) is 6.00. The van der Waals surface area contributed by atoms with Gasteiger partial charge in [-0.15, -0.1) is 0 Å². The van der Waals surface area contributed by atoms with Crippen LogP contribution in [0, 0.1) is 16.7 Å². The molecule has 2 fully saturated rings. The molecule has 0 aliphatic heterocycles. The Kier molecular flexibility index (Phi) is 6.91. The van der Waals surface area contributed by atoms with Gasteiger partial charge in [-0.1, -0.05) is 56.1 Å². The number of halogens is 2. The van der Waals surface area contributed by atoms with Crippen molar-refractivity contribution in [3.8, 4) is 11.5 Å². The van der Waals surface area contributed by atoms with Gasteiger partial charge in [0.05, 0.1) is 21.2 Å². The third-order valence-electron chi connectivity index (χ3n) is 8.77. The van der Waals surface area contributed by atoms with Gasteiger partial charge in [0.2, 0.25) is 0 Å². The highest BCUT2D eigenvalue weighted by molar-refractivity contribution is 7.92. The monoisotopic (exact) mass is 572 g/mol. The highest BCUT2D eigenvalue weighted by atomic mass is 35.5. The maximum absolute atomic E-state index is 13.4. The molecule has 3 aromatic rings. The first-order chi connectivity index (χ1) is 17.9. The second-order valence-electron chi connectivity index (χ2n) is 10.9. The lowest BCUT2D eigenvalue weighted by Crippen LogP contribution is -2.47. The van der Waals surface area contributed by atoms with Gasteiger partial charge in [-0.25, -0.2) is 8.42 Å². The number of hydrogen-bond donors (Lipinski definition) is 2. The topological polar surface area (TPSA) is 84.5 Å². The van der Waals surface area contributed by atoms with Crippen molar-refractivity contribution in [1.82, 2.24) is 5.32 Å². The molecule has 2 N–H and O–H groups in total. The third-order valence-corrected chi connectivity index (χ3v) is 10.7. The molecule has 0 radical (unpaired) electrons. The van der Waals surface area contributed by atoms with E-state index in [1.807, 2.05) is 0 Å². The molecule has 5 rings (SSSR count). The van der Waals surface area contributed by atoms with Gasteiger partial charge in [0.15, 0.2) is 0 Å². The Morgan fingerprint density at radius 1 is 1.00 bits per heavy atom. The Morgan fingerprint density at radius 2 is 1.71 bits per heavy atom. The number of carbonyl (C=O) groups is 1. The predicted octanol–water partition coefficient (Wildman–Crippen LogP) is 7.53. The summed E-state index contributed by atoms with van der Waals surface area (Å²) in [6, 6.07) is 17.5. The molecular weight excluding hydrogens is 543 g/mol. The summed E-state index contributed by atoms with van der Waals surface area (Å²) in [7, 11) is -4.00. The van der Waals surface area contributed by atoms with Crippen LogP contribution in [0.5, 0.6) is 11.5 Å². The van der Waals surface area contributed by atoms with E-state index in [0.29, 0.717) is 27.5 Å². The normalized spacial score (nSPS) is 23.7. The molecule has 2 aliphatic carbocycles. The molecule has 0 unspecified atom stereocenters. The number of para-hydroxylation sites is 1. The summed E-state index contributed by atoms with van der Waals surface area (Å²) in [5, 5.41) is 3.98. The number of sulfonamides is 1. The maximum Gasteiger partial charge on any atom is 0.261 e. The average Bonchev–Trinajstić information content (AvgIpc) is 3.20. The summed E-state index contributed by atoms with van der Waals surface area (Å²) in [5.74, 6) is 1.11. The van der Waals surface area contributed by atoms with Crippen molar-refractivity contribution >= 4 is 44.8 Å². The van der Waals surface area contributed by atoms with E-state index in [4.69, 9.17) is 27.9 Å². The summed E-state index contributed by atoms with van der Waals surface area (Å²) in [6.07, 6.45) is 3.14. The minimum Gasteiger partial charge on any atom is -0.456 e. The molecule has 2 aliphatic rings. The van der Waals surface area contributed by atoms with E-state index < -0.39 is 10.0 Å². The molecule has 0 saturated heterocycles. The number of amides is 1. The number of hydrogen-bond acceptors (Lipinski definition) is 4. The smallest absolute Gasteiger partial charge is 0.261 e. The van der Waals surface area contributed by atoms with Gasteiger partial charge < -0.3 is 10.1 Å². The number of nitrogens with one attached hydrogen (secondary N) is 2. The van der Waals surface area contributed by atoms with Crippen LogP contribution in [0.2, 0.25) is 10.0 Å². The first-order valence-electron chi connectivity index (χ1n) is 12.6. The minimum atomic E-state index is -4.00. The third kappa shape index (κ3) is 4.76. The molecule has 9 heteroatoms. The zero-order valence-electron chi connectivity index (χ0n) is 21.4. The fraction of sp³-hybridized carbons (Fsp3) is 0.345. The Bertz CT molecular complexity index is 1490. The summed E-state index contributed by atoms with van der Waals surface area (Å²) in [4.78, 5) is 13.5. The van der Waals surface area contributed by atoms with E-state index in [0.717, 1.165) is 12.8 Å². The van der Waals surface area contributed by atoms with Crippen molar-refractivity contribution in [1.29, 1.82) is 0 Å². The van der Waals surface area contributed by atoms with Crippen molar-refractivity contribution < 1.29 is 17.9 Å². The van der Waals surface area contributed by atoms with E-state index in [1.54, 1.807) is 42.5 Å². The molecule has 3 atom stereocenters. The molecule has 200 valence electrons. The van der Waals surface area contributed by atoms with Gasteiger partial charge in [-0.05, 0) is 90.6 Å². The molecule has 2 bridgehead atoms. The van der Waals surface area contributed by atoms with Gasteiger partial charge in [0, 0.05) is 11.1 Å². The Balaban J connectivity index is 1.34. The Labute approximate surface area is 233 Å². The van der Waals surface area contributed by atoms with Crippen LogP contribution in [-0.4, -0.2) is 20.4 Å². The SMILES string of the molecule is CC1(C)[C@H]2CC[C@]1(C)[C@H](NC(=O)c1cc(Cl)ccc1NS(=O)(=O)c1ccc(Oc3ccccc3Cl)cc1)C2. The van der Waals surface area contributed by atoms with Crippen LogP contribution in [0.15, 0.2) is 71.6 Å². The lowest BCUT2D eigenvalue weighted by Gasteiger charge is -2.39. The van der Waals surface area contributed by atoms with Crippen molar-refractivity contribution in [3.05, 3.63) is 82.3 Å². The number of carbonyl (C=O) groups excluding carboxylic acids is 1. The standard InChI is InChI=1S/C29H30Cl2N2O4S/c1-28(2)18-14-15-29(28,3)26(16-18)32-27(34)22-17-19(30)8-13-24(22)33-38(35,36)21-11-9-20(10-12-21)37-25-7-5-4-6-23(25)31/h4-13,17-18,26,33H,14-16H2,1-3H3,(H,32,34)/t18-,26+,29+/m0/s1.